The Morgan fingerprint density at radius 3 is 2.57 bits per heavy atom. The molecule has 0 spiro atoms. The molecule has 0 radical (unpaired) electrons. The van der Waals surface area contributed by atoms with Crippen LogP contribution in [-0.2, 0) is 17.7 Å². The fourth-order valence-electron chi connectivity index (χ4n) is 2.06. The molecule has 124 valence electrons. The number of hydrogen-bond acceptors (Lipinski definition) is 3. The molecule has 0 saturated heterocycles. The number of aromatic nitrogens is 1. The topological polar surface area (TPSA) is 94.9 Å². The van der Waals surface area contributed by atoms with Crippen molar-refractivity contribution >= 4 is 52.7 Å². The molecule has 5 nitrogen and oxygen atoms in total. The summed E-state index contributed by atoms with van der Waals surface area (Å²) in [6.07, 6.45) is 3.07. The molecule has 1 heterocycles. The summed E-state index contributed by atoms with van der Waals surface area (Å²) < 4.78 is 13.3. The van der Waals surface area contributed by atoms with E-state index < -0.39 is 17.1 Å². The molecule has 1 aromatic carbocycles. The van der Waals surface area contributed by atoms with Crippen LogP contribution in [0.3, 0.4) is 0 Å². The first-order valence-corrected chi connectivity index (χ1v) is 8.47. The normalized spacial score (nSPS) is 11.7. The van der Waals surface area contributed by atoms with Gasteiger partial charge in [-0.25, -0.2) is 0 Å². The number of carbonyl (C=O) groups is 1. The molecular formula is C14H14Cl3N3O2S. The Bertz CT molecular complexity index is 793. The number of pyridine rings is 1. The summed E-state index contributed by atoms with van der Waals surface area (Å²) in [6, 6.07) is 6.35. The molecule has 1 amide bonds. The Hall–Kier alpha value is -1.18. The van der Waals surface area contributed by atoms with Crippen LogP contribution in [0, 0.1) is 5.41 Å². The SMILES string of the molecule is C[S+]([O-])c1ccc(Cl)cc1Cn1cc(Cl)cc(C(N)=O)c1=N.Cl. The quantitative estimate of drug-likeness (QED) is 0.780. The number of nitrogens with two attached hydrogens (primary N) is 1. The first kappa shape index (κ1) is 19.9. The number of nitrogens with one attached hydrogen (secondary N) is 1. The van der Waals surface area contributed by atoms with E-state index in [1.807, 2.05) is 0 Å². The third-order valence-electron chi connectivity index (χ3n) is 3.04. The molecule has 23 heavy (non-hydrogen) atoms. The Labute approximate surface area is 152 Å². The van der Waals surface area contributed by atoms with Crippen LogP contribution in [0.2, 0.25) is 10.0 Å². The molecule has 2 rings (SSSR count). The van der Waals surface area contributed by atoms with Crippen molar-refractivity contribution in [2.24, 2.45) is 5.73 Å². The molecule has 9 heteroatoms. The minimum Gasteiger partial charge on any atom is -0.612 e. The second-order valence-corrected chi connectivity index (χ2v) is 6.84. The summed E-state index contributed by atoms with van der Waals surface area (Å²) in [6.45, 7) is 0.204. The minimum absolute atomic E-state index is 0. The molecule has 0 bridgehead atoms. The van der Waals surface area contributed by atoms with Crippen molar-refractivity contribution in [1.82, 2.24) is 4.57 Å². The van der Waals surface area contributed by atoms with E-state index in [1.165, 1.54) is 16.8 Å². The molecule has 3 N–H and O–H groups in total. The standard InChI is InChI=1S/C14H13Cl2N3O2S.ClH/c1-22(21)12-3-2-9(15)4-8(12)6-19-7-10(16)5-11(13(19)17)14(18)20;/h2-5,7,17H,6H2,1H3,(H2,18,20);1H. The predicted molar refractivity (Wildman–Crippen MR) is 93.9 cm³/mol. The van der Waals surface area contributed by atoms with Gasteiger partial charge in [0.15, 0.2) is 4.90 Å². The van der Waals surface area contributed by atoms with Gasteiger partial charge in [-0.05, 0) is 35.4 Å². The molecule has 1 aromatic heterocycles. The van der Waals surface area contributed by atoms with E-state index in [1.54, 1.807) is 24.5 Å². The predicted octanol–water partition coefficient (Wildman–Crippen LogP) is 2.58. The lowest BCUT2D eigenvalue weighted by atomic mass is 10.2. The van der Waals surface area contributed by atoms with Crippen molar-refractivity contribution < 1.29 is 9.35 Å². The molecule has 0 saturated carbocycles. The van der Waals surface area contributed by atoms with E-state index in [0.29, 0.717) is 15.5 Å². The van der Waals surface area contributed by atoms with Crippen LogP contribution in [0.1, 0.15) is 15.9 Å². The Morgan fingerprint density at radius 1 is 1.35 bits per heavy atom. The maximum Gasteiger partial charge on any atom is 0.252 e. The van der Waals surface area contributed by atoms with Gasteiger partial charge in [0.2, 0.25) is 0 Å². The third-order valence-corrected chi connectivity index (χ3v) is 4.50. The summed E-state index contributed by atoms with van der Waals surface area (Å²) in [5, 5.41) is 8.83. The average Bonchev–Trinajstić information content (AvgIpc) is 2.41. The van der Waals surface area contributed by atoms with Gasteiger partial charge in [0, 0.05) is 16.8 Å². The van der Waals surface area contributed by atoms with Gasteiger partial charge in [-0.1, -0.05) is 23.2 Å². The molecule has 0 aliphatic carbocycles. The van der Waals surface area contributed by atoms with Crippen LogP contribution in [0.5, 0.6) is 0 Å². The summed E-state index contributed by atoms with van der Waals surface area (Å²) in [5.41, 5.74) is 5.89. The fourth-order valence-corrected chi connectivity index (χ4v) is 3.23. The molecule has 1 atom stereocenters. The summed E-state index contributed by atoms with van der Waals surface area (Å²) >= 11 is 10.7. The van der Waals surface area contributed by atoms with Crippen molar-refractivity contribution in [1.29, 1.82) is 5.41 Å². The van der Waals surface area contributed by atoms with Crippen LogP contribution < -0.4 is 11.2 Å². The maximum atomic E-state index is 11.8. The number of rotatable bonds is 4. The van der Waals surface area contributed by atoms with Crippen molar-refractivity contribution in [3.8, 4) is 0 Å². The van der Waals surface area contributed by atoms with Gasteiger partial charge in [-0.15, -0.1) is 12.4 Å². The van der Waals surface area contributed by atoms with Crippen molar-refractivity contribution in [3.63, 3.8) is 0 Å². The zero-order valence-corrected chi connectivity index (χ0v) is 15.2. The third kappa shape index (κ3) is 4.65. The van der Waals surface area contributed by atoms with Gasteiger partial charge in [0.05, 0.1) is 17.1 Å². The van der Waals surface area contributed by atoms with Gasteiger partial charge in [0.1, 0.15) is 11.7 Å². The van der Waals surface area contributed by atoms with Crippen LogP contribution in [0.15, 0.2) is 35.4 Å². The molecule has 0 aliphatic heterocycles. The first-order chi connectivity index (χ1) is 10.3. The van der Waals surface area contributed by atoms with Gasteiger partial charge < -0.3 is 14.9 Å². The monoisotopic (exact) mass is 393 g/mol. The number of nitrogens with zero attached hydrogens (tertiary/aromatic N) is 1. The van der Waals surface area contributed by atoms with Crippen molar-refractivity contribution in [2.75, 3.05) is 6.26 Å². The molecular weight excluding hydrogens is 381 g/mol. The van der Waals surface area contributed by atoms with Gasteiger partial charge in [-0.3, -0.25) is 10.2 Å². The Morgan fingerprint density at radius 2 is 2.00 bits per heavy atom. The zero-order valence-electron chi connectivity index (χ0n) is 12.0. The highest BCUT2D eigenvalue weighted by Gasteiger charge is 2.15. The maximum absolute atomic E-state index is 11.8. The largest absolute Gasteiger partial charge is 0.612 e. The van der Waals surface area contributed by atoms with E-state index in [0.717, 1.165) is 0 Å². The number of primary amides is 1. The van der Waals surface area contributed by atoms with E-state index in [4.69, 9.17) is 34.3 Å². The van der Waals surface area contributed by atoms with E-state index in [-0.39, 0.29) is 35.0 Å². The molecule has 1 unspecified atom stereocenters. The lowest BCUT2D eigenvalue weighted by Gasteiger charge is -2.14. The Balaban J connectivity index is 0.00000264. The first-order valence-electron chi connectivity index (χ1n) is 6.16. The highest BCUT2D eigenvalue weighted by atomic mass is 35.5. The highest BCUT2D eigenvalue weighted by molar-refractivity contribution is 7.90. The summed E-state index contributed by atoms with van der Waals surface area (Å²) in [4.78, 5) is 12.0. The average molecular weight is 395 g/mol. The highest BCUT2D eigenvalue weighted by Crippen LogP contribution is 2.21. The van der Waals surface area contributed by atoms with Crippen LogP contribution in [-0.4, -0.2) is 21.3 Å². The Kier molecular flexibility index (Phi) is 6.98. The van der Waals surface area contributed by atoms with E-state index >= 15 is 0 Å². The summed E-state index contributed by atoms with van der Waals surface area (Å²) in [5.74, 6) is -0.730. The number of halogens is 3. The molecule has 0 aliphatic rings. The number of hydrogen-bond donors (Lipinski definition) is 2. The molecule has 0 fully saturated rings. The second kappa shape index (κ2) is 8.08. The summed E-state index contributed by atoms with van der Waals surface area (Å²) in [7, 11) is 0. The number of benzene rings is 1. The van der Waals surface area contributed by atoms with E-state index in [2.05, 4.69) is 0 Å². The van der Waals surface area contributed by atoms with Gasteiger partial charge in [0.25, 0.3) is 5.91 Å². The second-order valence-electron chi connectivity index (χ2n) is 4.62. The lowest BCUT2D eigenvalue weighted by molar-refractivity contribution is 0.0997. The van der Waals surface area contributed by atoms with Gasteiger partial charge >= 0.3 is 0 Å². The minimum atomic E-state index is -1.21. The van der Waals surface area contributed by atoms with Crippen LogP contribution in [0.4, 0.5) is 0 Å². The smallest absolute Gasteiger partial charge is 0.252 e. The number of amides is 1. The van der Waals surface area contributed by atoms with Crippen LogP contribution in [0.25, 0.3) is 0 Å². The molecule has 2 aromatic rings. The number of carbonyl (C=O) groups excluding carboxylic acids is 1. The van der Waals surface area contributed by atoms with Crippen LogP contribution >= 0.6 is 35.6 Å². The lowest BCUT2D eigenvalue weighted by Crippen LogP contribution is -2.30. The van der Waals surface area contributed by atoms with Gasteiger partial charge in [-0.2, -0.15) is 0 Å². The van der Waals surface area contributed by atoms with E-state index in [9.17, 15) is 9.35 Å². The zero-order chi connectivity index (χ0) is 16.4. The van der Waals surface area contributed by atoms with Crippen molar-refractivity contribution in [2.45, 2.75) is 11.4 Å². The fraction of sp³-hybridized carbons (Fsp3) is 0.143. The van der Waals surface area contributed by atoms with Crippen molar-refractivity contribution in [3.05, 3.63) is 57.1 Å².